The number of rotatable bonds is 3. The Balaban J connectivity index is 2.51. The topological polar surface area (TPSA) is 29.1 Å². The van der Waals surface area contributed by atoms with Gasteiger partial charge in [-0.15, -0.1) is 0 Å². The van der Waals surface area contributed by atoms with Crippen LogP contribution in [0.25, 0.3) is 5.57 Å². The molecule has 1 heterocycles. The van der Waals surface area contributed by atoms with Crippen LogP contribution in [-0.2, 0) is 4.79 Å². The van der Waals surface area contributed by atoms with Crippen molar-refractivity contribution in [1.29, 1.82) is 0 Å². The Kier molecular flexibility index (Phi) is 3.49. The van der Waals surface area contributed by atoms with Gasteiger partial charge in [-0.05, 0) is 43.0 Å². The molecule has 0 aliphatic carbocycles. The lowest BCUT2D eigenvalue weighted by atomic mass is 9.85. The smallest absolute Gasteiger partial charge is 0.252 e. The summed E-state index contributed by atoms with van der Waals surface area (Å²) in [6.45, 7) is 6.27. The second kappa shape index (κ2) is 4.77. The van der Waals surface area contributed by atoms with Crippen LogP contribution in [0, 0.1) is 0 Å². The number of nitrogens with one attached hydrogen (secondary N) is 1. The summed E-state index contributed by atoms with van der Waals surface area (Å²) in [4.78, 5) is 12.2. The third kappa shape index (κ3) is 1.95. The minimum absolute atomic E-state index is 0.0264. The lowest BCUT2D eigenvalue weighted by Gasteiger charge is -2.28. The predicted molar refractivity (Wildman–Crippen MR) is 75.5 cm³/mol. The molecular formula is C15H18ClNO. The lowest BCUT2D eigenvalue weighted by molar-refractivity contribution is -0.116. The molecule has 0 spiro atoms. The van der Waals surface area contributed by atoms with Gasteiger partial charge in [0.05, 0.1) is 5.54 Å². The first kappa shape index (κ1) is 13.2. The van der Waals surface area contributed by atoms with Crippen LogP contribution >= 0.6 is 11.6 Å². The number of benzene rings is 1. The van der Waals surface area contributed by atoms with Crippen molar-refractivity contribution < 1.29 is 4.79 Å². The Bertz CT molecular complexity index is 498. The minimum atomic E-state index is -0.175. The molecule has 0 atom stereocenters. The predicted octanol–water partition coefficient (Wildman–Crippen LogP) is 3.80. The fraction of sp³-hybridized carbons (Fsp3) is 0.400. The molecule has 0 bridgehead atoms. The first-order valence-corrected chi connectivity index (χ1v) is 6.71. The Hall–Kier alpha value is -1.28. The van der Waals surface area contributed by atoms with Crippen LogP contribution in [0.3, 0.4) is 0 Å². The molecule has 1 aliphatic heterocycles. The largest absolute Gasteiger partial charge is 0.343 e. The summed E-state index contributed by atoms with van der Waals surface area (Å²) in [6, 6.07) is 7.45. The molecule has 1 aromatic rings. The molecule has 0 saturated heterocycles. The van der Waals surface area contributed by atoms with Crippen LogP contribution in [-0.4, -0.2) is 11.4 Å². The maximum Gasteiger partial charge on any atom is 0.252 e. The number of halogens is 1. The summed E-state index contributed by atoms with van der Waals surface area (Å²) in [6.07, 6.45) is 1.83. The monoisotopic (exact) mass is 263 g/mol. The molecule has 1 amide bonds. The molecule has 0 radical (unpaired) electrons. The number of amides is 1. The first-order valence-electron chi connectivity index (χ1n) is 6.34. The zero-order valence-corrected chi connectivity index (χ0v) is 11.8. The van der Waals surface area contributed by atoms with Gasteiger partial charge >= 0.3 is 0 Å². The summed E-state index contributed by atoms with van der Waals surface area (Å²) in [5.41, 5.74) is 2.71. The van der Waals surface area contributed by atoms with E-state index in [0.29, 0.717) is 5.02 Å². The van der Waals surface area contributed by atoms with Crippen LogP contribution in [0.4, 0.5) is 0 Å². The van der Waals surface area contributed by atoms with Crippen molar-refractivity contribution in [2.45, 2.75) is 39.2 Å². The van der Waals surface area contributed by atoms with Crippen molar-refractivity contribution in [2.24, 2.45) is 0 Å². The van der Waals surface area contributed by atoms with Crippen molar-refractivity contribution >= 4 is 23.1 Å². The average molecular weight is 264 g/mol. The quantitative estimate of drug-likeness (QED) is 0.883. The standard InChI is InChI=1S/C15H18ClNO/c1-4-15(5-2)10(3)13(14(18)17-15)11-6-8-12(16)9-7-11/h6-9H,4-5H2,1-3H3,(H,17,18). The normalized spacial score (nSPS) is 18.1. The minimum Gasteiger partial charge on any atom is -0.343 e. The fourth-order valence-electron chi connectivity index (χ4n) is 2.70. The van der Waals surface area contributed by atoms with Gasteiger partial charge in [0.1, 0.15) is 0 Å². The highest BCUT2D eigenvalue weighted by Gasteiger charge is 2.40. The zero-order chi connectivity index (χ0) is 13.3. The molecule has 1 N–H and O–H groups in total. The summed E-state index contributed by atoms with van der Waals surface area (Å²) in [5.74, 6) is 0.0264. The van der Waals surface area contributed by atoms with E-state index in [1.54, 1.807) is 0 Å². The third-order valence-electron chi connectivity index (χ3n) is 4.01. The summed E-state index contributed by atoms with van der Waals surface area (Å²) >= 11 is 5.89. The summed E-state index contributed by atoms with van der Waals surface area (Å²) < 4.78 is 0. The van der Waals surface area contributed by atoms with Gasteiger partial charge in [0.15, 0.2) is 0 Å². The number of hydrogen-bond acceptors (Lipinski definition) is 1. The molecule has 1 aliphatic rings. The van der Waals surface area contributed by atoms with E-state index >= 15 is 0 Å². The van der Waals surface area contributed by atoms with Crippen LogP contribution in [0.1, 0.15) is 39.2 Å². The number of carbonyl (C=O) groups excluding carboxylic acids is 1. The Morgan fingerprint density at radius 2 is 1.72 bits per heavy atom. The van der Waals surface area contributed by atoms with Gasteiger partial charge in [-0.25, -0.2) is 0 Å². The van der Waals surface area contributed by atoms with E-state index in [1.165, 1.54) is 0 Å². The van der Waals surface area contributed by atoms with Crippen molar-refractivity contribution in [3.05, 3.63) is 40.4 Å². The Morgan fingerprint density at radius 1 is 1.17 bits per heavy atom. The molecule has 18 heavy (non-hydrogen) atoms. The highest BCUT2D eigenvalue weighted by atomic mass is 35.5. The van der Waals surface area contributed by atoms with E-state index < -0.39 is 0 Å². The second-order valence-electron chi connectivity index (χ2n) is 4.75. The fourth-order valence-corrected chi connectivity index (χ4v) is 2.83. The SMILES string of the molecule is CCC1(CC)NC(=O)C(c2ccc(Cl)cc2)=C1C. The van der Waals surface area contributed by atoms with E-state index in [-0.39, 0.29) is 11.4 Å². The third-order valence-corrected chi connectivity index (χ3v) is 4.26. The van der Waals surface area contributed by atoms with E-state index in [1.807, 2.05) is 24.3 Å². The molecule has 3 heteroatoms. The number of hydrogen-bond donors (Lipinski definition) is 1. The number of carbonyl (C=O) groups is 1. The molecule has 0 fully saturated rings. The zero-order valence-electron chi connectivity index (χ0n) is 11.0. The molecule has 0 unspecified atom stereocenters. The highest BCUT2D eigenvalue weighted by molar-refractivity contribution is 6.30. The van der Waals surface area contributed by atoms with Gasteiger partial charge in [-0.1, -0.05) is 37.6 Å². The van der Waals surface area contributed by atoms with Gasteiger partial charge in [0.25, 0.3) is 5.91 Å². The Labute approximate surface area is 113 Å². The highest BCUT2D eigenvalue weighted by Crippen LogP contribution is 2.37. The summed E-state index contributed by atoms with van der Waals surface area (Å²) in [7, 11) is 0. The van der Waals surface area contributed by atoms with Crippen molar-refractivity contribution in [1.82, 2.24) is 5.32 Å². The van der Waals surface area contributed by atoms with E-state index in [2.05, 4.69) is 26.1 Å². The summed E-state index contributed by atoms with van der Waals surface area (Å²) in [5, 5.41) is 3.82. The van der Waals surface area contributed by atoms with Crippen molar-refractivity contribution in [3.8, 4) is 0 Å². The molecule has 2 rings (SSSR count). The molecule has 96 valence electrons. The maximum atomic E-state index is 12.2. The van der Waals surface area contributed by atoms with E-state index in [4.69, 9.17) is 11.6 Å². The maximum absolute atomic E-state index is 12.2. The van der Waals surface area contributed by atoms with Gasteiger partial charge in [-0.2, -0.15) is 0 Å². The first-order chi connectivity index (χ1) is 8.54. The van der Waals surface area contributed by atoms with Crippen LogP contribution < -0.4 is 5.32 Å². The van der Waals surface area contributed by atoms with Crippen molar-refractivity contribution in [3.63, 3.8) is 0 Å². The van der Waals surface area contributed by atoms with Crippen molar-refractivity contribution in [2.75, 3.05) is 0 Å². The molecule has 0 aromatic heterocycles. The van der Waals surface area contributed by atoms with Crippen LogP contribution in [0.2, 0.25) is 5.02 Å². The lowest BCUT2D eigenvalue weighted by Crippen LogP contribution is -2.42. The van der Waals surface area contributed by atoms with Gasteiger partial charge in [0, 0.05) is 10.6 Å². The molecule has 0 saturated carbocycles. The van der Waals surface area contributed by atoms with Crippen LogP contribution in [0.15, 0.2) is 29.8 Å². The molecular weight excluding hydrogens is 246 g/mol. The Morgan fingerprint density at radius 3 is 2.17 bits per heavy atom. The van der Waals surface area contributed by atoms with Crippen LogP contribution in [0.5, 0.6) is 0 Å². The average Bonchev–Trinajstić information content (AvgIpc) is 2.63. The molecule has 2 nitrogen and oxygen atoms in total. The van der Waals surface area contributed by atoms with Gasteiger partial charge in [0.2, 0.25) is 0 Å². The van der Waals surface area contributed by atoms with Gasteiger partial charge < -0.3 is 5.32 Å². The van der Waals surface area contributed by atoms with Gasteiger partial charge in [-0.3, -0.25) is 4.79 Å². The molecule has 1 aromatic carbocycles. The van der Waals surface area contributed by atoms with E-state index in [9.17, 15) is 4.79 Å². The van der Waals surface area contributed by atoms with E-state index in [0.717, 1.165) is 29.6 Å². The second-order valence-corrected chi connectivity index (χ2v) is 5.19.